The molecule has 0 aliphatic carbocycles. The minimum absolute atomic E-state index is 0.158. The second-order valence-corrected chi connectivity index (χ2v) is 9.18. The van der Waals surface area contributed by atoms with E-state index in [4.69, 9.17) is 18.4 Å². The standard InChI is InChI=1S/C23H29N3O7S/c1-25(23(28)14-31-19-6-7-21-22(11-19)33-15-32-21)20(13-26-9-8-18(27)12-26)16-4-3-5-17(10-16)24-34(29)30-2/h3-7,10-11,18,20,27,34H,8-9,12-15H2,1-2H3/t18-,20?/m0/s1. The van der Waals surface area contributed by atoms with Crippen molar-refractivity contribution in [2.75, 3.05) is 47.2 Å². The molecule has 1 saturated heterocycles. The van der Waals surface area contributed by atoms with E-state index in [-0.39, 0.29) is 31.5 Å². The molecule has 2 unspecified atom stereocenters. The zero-order chi connectivity index (χ0) is 24.1. The van der Waals surface area contributed by atoms with E-state index in [9.17, 15) is 14.1 Å². The predicted octanol–water partition coefficient (Wildman–Crippen LogP) is 1.92. The second kappa shape index (κ2) is 11.0. The van der Waals surface area contributed by atoms with Crippen LogP contribution in [-0.2, 0) is 19.9 Å². The molecule has 0 bridgehead atoms. The number of likely N-dealkylation sites (N-methyl/N-ethyl adjacent to an activating group) is 1. The zero-order valence-electron chi connectivity index (χ0n) is 19.1. The van der Waals surface area contributed by atoms with E-state index in [1.165, 1.54) is 7.11 Å². The van der Waals surface area contributed by atoms with Crippen LogP contribution in [0.2, 0.25) is 0 Å². The topological polar surface area (TPSA) is 110 Å². The van der Waals surface area contributed by atoms with Crippen LogP contribution >= 0.6 is 0 Å². The monoisotopic (exact) mass is 491 g/mol. The third-order valence-corrected chi connectivity index (χ3v) is 6.56. The lowest BCUT2D eigenvalue weighted by atomic mass is 10.0. The molecule has 0 aromatic heterocycles. The molecule has 2 heterocycles. The number of carbonyl (C=O) groups excluding carboxylic acids is 1. The summed E-state index contributed by atoms with van der Waals surface area (Å²) in [6.07, 6.45) is 0.324. The summed E-state index contributed by atoms with van der Waals surface area (Å²) in [7, 11) is 0.903. The van der Waals surface area contributed by atoms with Crippen molar-refractivity contribution in [2.45, 2.75) is 18.6 Å². The summed E-state index contributed by atoms with van der Waals surface area (Å²) in [5.74, 6) is 1.52. The number of hydrogen-bond donors (Lipinski definition) is 2. The molecule has 184 valence electrons. The zero-order valence-corrected chi connectivity index (χ0v) is 20.0. The SMILES string of the molecule is CO[SH](=O)=Nc1cccc(C(CN2CC[C@H](O)C2)N(C)C(=O)COc2ccc3c(c2)OCO3)c1. The van der Waals surface area contributed by atoms with Gasteiger partial charge >= 0.3 is 0 Å². The van der Waals surface area contributed by atoms with Crippen molar-refractivity contribution < 1.29 is 32.5 Å². The van der Waals surface area contributed by atoms with E-state index in [1.807, 2.05) is 6.07 Å². The van der Waals surface area contributed by atoms with Crippen molar-refractivity contribution in [1.29, 1.82) is 0 Å². The van der Waals surface area contributed by atoms with Gasteiger partial charge in [-0.15, -0.1) is 0 Å². The van der Waals surface area contributed by atoms with Crippen molar-refractivity contribution in [2.24, 2.45) is 4.36 Å². The highest BCUT2D eigenvalue weighted by molar-refractivity contribution is 7.69. The number of ether oxygens (including phenoxy) is 3. The Morgan fingerprint density at radius 1 is 1.29 bits per heavy atom. The number of carbonyl (C=O) groups is 1. The number of nitrogens with zero attached hydrogens (tertiary/aromatic N) is 3. The molecule has 10 nitrogen and oxygen atoms in total. The smallest absolute Gasteiger partial charge is 0.260 e. The Bertz CT molecular complexity index is 1110. The average Bonchev–Trinajstić information content (AvgIpc) is 3.48. The second-order valence-electron chi connectivity index (χ2n) is 8.14. The minimum Gasteiger partial charge on any atom is -0.484 e. The van der Waals surface area contributed by atoms with Gasteiger partial charge in [-0.05, 0) is 36.2 Å². The molecule has 11 heteroatoms. The first-order chi connectivity index (χ1) is 16.4. The lowest BCUT2D eigenvalue weighted by molar-refractivity contribution is -0.134. The largest absolute Gasteiger partial charge is 0.484 e. The van der Waals surface area contributed by atoms with E-state index in [1.54, 1.807) is 48.3 Å². The number of β-amino-alcohol motifs (C(OH)–C–C–N with tert-alkyl or cyclic N) is 1. The summed E-state index contributed by atoms with van der Waals surface area (Å²) in [6.45, 7) is 1.83. The molecule has 0 spiro atoms. The Balaban J connectivity index is 1.50. The molecular weight excluding hydrogens is 462 g/mol. The van der Waals surface area contributed by atoms with E-state index in [2.05, 4.69) is 9.26 Å². The van der Waals surface area contributed by atoms with Crippen molar-refractivity contribution in [3.63, 3.8) is 0 Å². The van der Waals surface area contributed by atoms with Gasteiger partial charge in [0, 0.05) is 32.7 Å². The van der Waals surface area contributed by atoms with E-state index in [0.717, 1.165) is 12.1 Å². The van der Waals surface area contributed by atoms with Gasteiger partial charge < -0.3 is 24.2 Å². The van der Waals surface area contributed by atoms with Gasteiger partial charge in [0.15, 0.2) is 29.0 Å². The van der Waals surface area contributed by atoms with E-state index < -0.39 is 10.9 Å². The van der Waals surface area contributed by atoms with Crippen LogP contribution in [0.25, 0.3) is 0 Å². The quantitative estimate of drug-likeness (QED) is 0.512. The fourth-order valence-corrected chi connectivity index (χ4v) is 4.39. The fourth-order valence-electron chi connectivity index (χ4n) is 3.99. The van der Waals surface area contributed by atoms with Gasteiger partial charge in [-0.25, -0.2) is 4.21 Å². The summed E-state index contributed by atoms with van der Waals surface area (Å²) in [5.41, 5.74) is 1.34. The number of rotatable bonds is 9. The van der Waals surface area contributed by atoms with Crippen LogP contribution in [-0.4, -0.2) is 78.3 Å². The Morgan fingerprint density at radius 2 is 2.12 bits per heavy atom. The Morgan fingerprint density at radius 3 is 2.88 bits per heavy atom. The van der Waals surface area contributed by atoms with Crippen molar-refractivity contribution in [1.82, 2.24) is 9.80 Å². The number of thiol groups is 1. The molecule has 2 aliphatic rings. The number of benzene rings is 2. The van der Waals surface area contributed by atoms with Crippen LogP contribution in [0.4, 0.5) is 5.69 Å². The average molecular weight is 492 g/mol. The summed E-state index contributed by atoms with van der Waals surface area (Å²) < 4.78 is 36.9. The van der Waals surface area contributed by atoms with Gasteiger partial charge in [-0.1, -0.05) is 12.1 Å². The van der Waals surface area contributed by atoms with Crippen LogP contribution in [0.3, 0.4) is 0 Å². The fraction of sp³-hybridized carbons (Fsp3) is 0.435. The molecule has 0 radical (unpaired) electrons. The van der Waals surface area contributed by atoms with E-state index >= 15 is 0 Å². The molecule has 34 heavy (non-hydrogen) atoms. The molecule has 3 atom stereocenters. The highest BCUT2D eigenvalue weighted by atomic mass is 32.2. The van der Waals surface area contributed by atoms with Gasteiger partial charge in [-0.2, -0.15) is 4.36 Å². The number of aliphatic hydroxyl groups excluding tert-OH is 1. The molecule has 1 amide bonds. The van der Waals surface area contributed by atoms with Crippen LogP contribution in [0.1, 0.15) is 18.0 Å². The number of likely N-dealkylation sites (tertiary alicyclic amines) is 1. The summed E-state index contributed by atoms with van der Waals surface area (Å²) >= 11 is 0. The van der Waals surface area contributed by atoms with Gasteiger partial charge in [0.1, 0.15) is 5.75 Å². The van der Waals surface area contributed by atoms with Crippen molar-refractivity contribution in [3.8, 4) is 17.2 Å². The normalized spacial score (nSPS) is 19.2. The maximum atomic E-state index is 13.1. The van der Waals surface area contributed by atoms with Crippen LogP contribution in [0.15, 0.2) is 46.8 Å². The highest BCUT2D eigenvalue weighted by Gasteiger charge is 2.28. The Kier molecular flexibility index (Phi) is 7.88. The highest BCUT2D eigenvalue weighted by Crippen LogP contribution is 2.35. The maximum Gasteiger partial charge on any atom is 0.260 e. The van der Waals surface area contributed by atoms with Crippen LogP contribution in [0, 0.1) is 0 Å². The number of amides is 1. The van der Waals surface area contributed by atoms with E-state index in [0.29, 0.717) is 42.4 Å². The molecular formula is C23H29N3O7S. The van der Waals surface area contributed by atoms with Gasteiger partial charge in [0.2, 0.25) is 6.79 Å². The summed E-state index contributed by atoms with van der Waals surface area (Å²) in [5, 5.41) is 9.96. The van der Waals surface area contributed by atoms with Crippen LogP contribution in [0.5, 0.6) is 17.2 Å². The summed E-state index contributed by atoms with van der Waals surface area (Å²) in [4.78, 5) is 16.9. The molecule has 2 aromatic carbocycles. The molecule has 1 N–H and O–H groups in total. The molecule has 2 aromatic rings. The minimum atomic E-state index is -2.15. The maximum absolute atomic E-state index is 13.1. The number of hydrogen-bond acceptors (Lipinski definition) is 9. The Hall–Kier alpha value is -2.86. The first-order valence-corrected chi connectivity index (χ1v) is 12.1. The Labute approximate surface area is 200 Å². The third kappa shape index (κ3) is 5.98. The van der Waals surface area contributed by atoms with Crippen LogP contribution < -0.4 is 14.2 Å². The summed E-state index contributed by atoms with van der Waals surface area (Å²) in [6, 6.07) is 12.1. The molecule has 4 rings (SSSR count). The lowest BCUT2D eigenvalue weighted by Crippen LogP contribution is -2.40. The molecule has 0 saturated carbocycles. The van der Waals surface area contributed by atoms with Gasteiger partial charge in [0.25, 0.3) is 5.91 Å². The van der Waals surface area contributed by atoms with Gasteiger partial charge in [0.05, 0.1) is 24.9 Å². The van der Waals surface area contributed by atoms with Gasteiger partial charge in [-0.3, -0.25) is 13.9 Å². The lowest BCUT2D eigenvalue weighted by Gasteiger charge is -2.32. The molecule has 2 aliphatic heterocycles. The number of fused-ring (bicyclic) bond motifs is 1. The molecule has 1 fully saturated rings. The predicted molar refractivity (Wildman–Crippen MR) is 126 cm³/mol. The number of aliphatic hydroxyl groups is 1. The first-order valence-electron chi connectivity index (χ1n) is 10.9. The third-order valence-electron chi connectivity index (χ3n) is 5.85. The first kappa shape index (κ1) is 24.3. The van der Waals surface area contributed by atoms with Crippen molar-refractivity contribution in [3.05, 3.63) is 48.0 Å². The van der Waals surface area contributed by atoms with Crippen molar-refractivity contribution >= 4 is 22.5 Å².